The Morgan fingerprint density at radius 2 is 2.31 bits per heavy atom. The average Bonchev–Trinajstić information content (AvgIpc) is 2.26. The van der Waals surface area contributed by atoms with Crippen LogP contribution in [0, 0.1) is 21.4 Å². The third-order valence-electron chi connectivity index (χ3n) is 1.79. The summed E-state index contributed by atoms with van der Waals surface area (Å²) in [6.07, 6.45) is -3.13. The molecule has 0 bridgehead atoms. The Kier molecular flexibility index (Phi) is 3.42. The molecule has 0 aliphatic rings. The maximum Gasteiger partial charge on any atom is 0.314 e. The third kappa shape index (κ3) is 2.09. The summed E-state index contributed by atoms with van der Waals surface area (Å²) in [4.78, 5) is 12.9. The lowest BCUT2D eigenvalue weighted by atomic mass is 10.1. The van der Waals surface area contributed by atoms with E-state index in [1.807, 2.05) is 0 Å². The molecular formula is C8H6F2N4O2. The molecule has 0 atom stereocenters. The molecule has 0 aliphatic heterocycles. The number of halogens is 2. The van der Waals surface area contributed by atoms with Gasteiger partial charge in [-0.05, 0) is 6.07 Å². The van der Waals surface area contributed by atoms with Crippen molar-refractivity contribution in [2.75, 3.05) is 0 Å². The number of nitrogens with zero attached hydrogens (tertiary/aromatic N) is 3. The summed E-state index contributed by atoms with van der Waals surface area (Å²) in [5, 5.41) is 19.2. The van der Waals surface area contributed by atoms with Gasteiger partial charge < -0.3 is 5.73 Å². The van der Waals surface area contributed by atoms with Crippen LogP contribution in [0.15, 0.2) is 6.07 Å². The molecule has 0 saturated carbocycles. The first-order valence-corrected chi connectivity index (χ1v) is 4.07. The van der Waals surface area contributed by atoms with E-state index >= 15 is 0 Å². The van der Waals surface area contributed by atoms with Crippen LogP contribution in [0.25, 0.3) is 0 Å². The van der Waals surface area contributed by atoms with Gasteiger partial charge in [-0.25, -0.2) is 13.8 Å². The highest BCUT2D eigenvalue weighted by Gasteiger charge is 2.28. The van der Waals surface area contributed by atoms with Gasteiger partial charge in [0.25, 0.3) is 6.43 Å². The molecule has 0 amide bonds. The first kappa shape index (κ1) is 11.9. The first-order chi connectivity index (χ1) is 7.51. The molecule has 1 aromatic heterocycles. The molecule has 16 heavy (non-hydrogen) atoms. The van der Waals surface area contributed by atoms with Crippen molar-refractivity contribution < 1.29 is 13.7 Å². The standard InChI is InChI=1S/C8H6F2N4O2/c9-8(10)6-7(14(15)16)4(2-11)1-5(3-12)13-6/h1,8H,3,12H2. The minimum Gasteiger partial charge on any atom is -0.325 e. The highest BCUT2D eigenvalue weighted by atomic mass is 19.3. The molecule has 8 heteroatoms. The van der Waals surface area contributed by atoms with Gasteiger partial charge in [-0.3, -0.25) is 10.1 Å². The number of pyridine rings is 1. The Labute approximate surface area is 88.5 Å². The van der Waals surface area contributed by atoms with E-state index in [0.717, 1.165) is 6.07 Å². The second-order valence-electron chi connectivity index (χ2n) is 2.77. The average molecular weight is 228 g/mol. The van der Waals surface area contributed by atoms with Crippen molar-refractivity contribution in [2.24, 2.45) is 5.73 Å². The summed E-state index contributed by atoms with van der Waals surface area (Å²) in [5.74, 6) is 0. The number of aromatic nitrogens is 1. The van der Waals surface area contributed by atoms with Gasteiger partial charge in [-0.1, -0.05) is 0 Å². The van der Waals surface area contributed by atoms with Crippen molar-refractivity contribution in [3.8, 4) is 6.07 Å². The van der Waals surface area contributed by atoms with Gasteiger partial charge in [-0.15, -0.1) is 0 Å². The van der Waals surface area contributed by atoms with Gasteiger partial charge >= 0.3 is 5.69 Å². The number of nitro groups is 1. The Bertz CT molecular complexity index is 470. The lowest BCUT2D eigenvalue weighted by molar-refractivity contribution is -0.386. The van der Waals surface area contributed by atoms with Crippen molar-refractivity contribution in [3.63, 3.8) is 0 Å². The Morgan fingerprint density at radius 1 is 1.69 bits per heavy atom. The van der Waals surface area contributed by atoms with E-state index in [1.165, 1.54) is 6.07 Å². The Morgan fingerprint density at radius 3 is 2.69 bits per heavy atom. The molecular weight excluding hydrogens is 222 g/mol. The summed E-state index contributed by atoms with van der Waals surface area (Å²) >= 11 is 0. The van der Waals surface area contributed by atoms with E-state index in [4.69, 9.17) is 11.0 Å². The molecule has 0 spiro atoms. The van der Waals surface area contributed by atoms with Crippen LogP contribution in [0.3, 0.4) is 0 Å². The lowest BCUT2D eigenvalue weighted by Gasteiger charge is -2.04. The van der Waals surface area contributed by atoms with Crippen molar-refractivity contribution >= 4 is 5.69 Å². The van der Waals surface area contributed by atoms with Gasteiger partial charge in [0, 0.05) is 6.54 Å². The minimum atomic E-state index is -3.13. The van der Waals surface area contributed by atoms with Crippen molar-refractivity contribution in [3.05, 3.63) is 33.1 Å². The van der Waals surface area contributed by atoms with Gasteiger partial charge in [0.05, 0.1) is 10.6 Å². The van der Waals surface area contributed by atoms with Crippen LogP contribution in [-0.2, 0) is 6.54 Å². The number of rotatable bonds is 3. The quantitative estimate of drug-likeness (QED) is 0.619. The molecule has 0 radical (unpaired) electrons. The summed E-state index contributed by atoms with van der Waals surface area (Å²) in [5.41, 5.74) is 2.74. The highest BCUT2D eigenvalue weighted by molar-refractivity contribution is 5.52. The molecule has 0 fully saturated rings. The smallest absolute Gasteiger partial charge is 0.314 e. The first-order valence-electron chi connectivity index (χ1n) is 4.07. The predicted octanol–water partition coefficient (Wildman–Crippen LogP) is 1.26. The number of nitrogens with two attached hydrogens (primary N) is 1. The summed E-state index contributed by atoms with van der Waals surface area (Å²) in [7, 11) is 0. The number of alkyl halides is 2. The van der Waals surface area contributed by atoms with Crippen LogP contribution >= 0.6 is 0 Å². The van der Waals surface area contributed by atoms with Crippen LogP contribution in [0.5, 0.6) is 0 Å². The summed E-state index contributed by atoms with van der Waals surface area (Å²) < 4.78 is 25.0. The molecule has 6 nitrogen and oxygen atoms in total. The van der Waals surface area contributed by atoms with Crippen molar-refractivity contribution in [1.29, 1.82) is 5.26 Å². The SMILES string of the molecule is N#Cc1cc(CN)nc(C(F)F)c1[N+](=O)[O-]. The fourth-order valence-corrected chi connectivity index (χ4v) is 1.15. The lowest BCUT2D eigenvalue weighted by Crippen LogP contribution is -2.08. The molecule has 0 aromatic carbocycles. The normalized spacial score (nSPS) is 10.2. The van der Waals surface area contributed by atoms with Gasteiger partial charge in [-0.2, -0.15) is 5.26 Å². The molecule has 84 valence electrons. The largest absolute Gasteiger partial charge is 0.325 e. The van der Waals surface area contributed by atoms with E-state index in [-0.39, 0.29) is 12.2 Å². The minimum absolute atomic E-state index is 0.0115. The second-order valence-corrected chi connectivity index (χ2v) is 2.77. The maximum atomic E-state index is 12.5. The van der Waals surface area contributed by atoms with E-state index in [9.17, 15) is 18.9 Å². The maximum absolute atomic E-state index is 12.5. The summed E-state index contributed by atoms with van der Waals surface area (Å²) in [6, 6.07) is 2.51. The van der Waals surface area contributed by atoms with Crippen LogP contribution in [-0.4, -0.2) is 9.91 Å². The third-order valence-corrected chi connectivity index (χ3v) is 1.79. The van der Waals surface area contributed by atoms with Crippen LogP contribution in [0.4, 0.5) is 14.5 Å². The van der Waals surface area contributed by atoms with Crippen molar-refractivity contribution in [1.82, 2.24) is 4.98 Å². The monoisotopic (exact) mass is 228 g/mol. The second kappa shape index (κ2) is 4.59. The fourth-order valence-electron chi connectivity index (χ4n) is 1.15. The Hall–Kier alpha value is -2.14. The number of hydrogen-bond donors (Lipinski definition) is 1. The molecule has 0 saturated heterocycles. The zero-order chi connectivity index (χ0) is 12.3. The van der Waals surface area contributed by atoms with Crippen LogP contribution < -0.4 is 5.73 Å². The zero-order valence-corrected chi connectivity index (χ0v) is 7.85. The molecule has 2 N–H and O–H groups in total. The molecule has 0 unspecified atom stereocenters. The van der Waals surface area contributed by atoms with E-state index in [1.54, 1.807) is 0 Å². The predicted molar refractivity (Wildman–Crippen MR) is 48.5 cm³/mol. The highest BCUT2D eigenvalue weighted by Crippen LogP contribution is 2.30. The van der Waals surface area contributed by atoms with Gasteiger partial charge in [0.15, 0.2) is 5.69 Å². The zero-order valence-electron chi connectivity index (χ0n) is 7.85. The topological polar surface area (TPSA) is 106 Å². The summed E-state index contributed by atoms with van der Waals surface area (Å²) in [6.45, 7) is -0.174. The molecule has 1 heterocycles. The van der Waals surface area contributed by atoms with E-state index < -0.39 is 28.3 Å². The van der Waals surface area contributed by atoms with Gasteiger partial charge in [0.1, 0.15) is 11.6 Å². The molecule has 1 aromatic rings. The molecule has 0 aliphatic carbocycles. The number of nitriles is 1. The van der Waals surface area contributed by atoms with Gasteiger partial charge in [0.2, 0.25) is 0 Å². The van der Waals surface area contributed by atoms with Crippen LogP contribution in [0.1, 0.15) is 23.4 Å². The van der Waals surface area contributed by atoms with Crippen LogP contribution in [0.2, 0.25) is 0 Å². The fraction of sp³-hybridized carbons (Fsp3) is 0.250. The molecule has 1 rings (SSSR count). The van der Waals surface area contributed by atoms with E-state index in [2.05, 4.69) is 4.98 Å². The Balaban J connectivity index is 3.55. The number of hydrogen-bond acceptors (Lipinski definition) is 5. The van der Waals surface area contributed by atoms with E-state index in [0.29, 0.717) is 0 Å². The van der Waals surface area contributed by atoms with Crippen molar-refractivity contribution in [2.45, 2.75) is 13.0 Å².